The van der Waals surface area contributed by atoms with Gasteiger partial charge in [-0.1, -0.05) is 23.7 Å². The molecule has 1 atom stereocenters. The number of ether oxygens (including phenoxy) is 1. The fraction of sp³-hybridized carbons (Fsp3) is 0.250. The van der Waals surface area contributed by atoms with E-state index in [-0.39, 0.29) is 24.7 Å². The first kappa shape index (κ1) is 18.3. The Morgan fingerprint density at radius 3 is 2.71 bits per heavy atom. The molecule has 4 rings (SSSR count). The second-order valence-electron chi connectivity index (χ2n) is 6.73. The van der Waals surface area contributed by atoms with E-state index >= 15 is 0 Å². The predicted molar refractivity (Wildman–Crippen MR) is 105 cm³/mol. The number of carbonyl (C=O) groups is 3. The van der Waals surface area contributed by atoms with Crippen molar-refractivity contribution in [1.82, 2.24) is 4.90 Å². The molecular formula is C20H18ClN3O4. The van der Waals surface area contributed by atoms with Crippen molar-refractivity contribution < 1.29 is 19.1 Å². The zero-order chi connectivity index (χ0) is 20.1. The third kappa shape index (κ3) is 2.46. The van der Waals surface area contributed by atoms with Gasteiger partial charge in [0.1, 0.15) is 5.75 Å². The average Bonchev–Trinajstić information content (AvgIpc) is 3.05. The largest absolute Gasteiger partial charge is 0.495 e. The lowest BCUT2D eigenvalue weighted by Gasteiger charge is -2.47. The Hall–Kier alpha value is -3.06. The summed E-state index contributed by atoms with van der Waals surface area (Å²) in [6.45, 7) is 0. The highest BCUT2D eigenvalue weighted by Gasteiger charge is 2.59. The van der Waals surface area contributed by atoms with E-state index in [0.717, 1.165) is 0 Å². The van der Waals surface area contributed by atoms with Crippen LogP contribution < -0.4 is 15.0 Å². The van der Waals surface area contributed by atoms with Gasteiger partial charge < -0.3 is 15.0 Å². The highest BCUT2D eigenvalue weighted by Crippen LogP contribution is 2.44. The summed E-state index contributed by atoms with van der Waals surface area (Å²) in [5, 5.41) is 3.22. The number of amides is 3. The minimum atomic E-state index is -1.45. The van der Waals surface area contributed by atoms with Crippen LogP contribution in [0.5, 0.6) is 5.75 Å². The molecule has 28 heavy (non-hydrogen) atoms. The number of carbonyl (C=O) groups excluding carboxylic acids is 3. The lowest BCUT2D eigenvalue weighted by Crippen LogP contribution is -2.68. The van der Waals surface area contributed by atoms with Crippen LogP contribution >= 0.6 is 11.6 Å². The van der Waals surface area contributed by atoms with E-state index in [1.807, 2.05) is 0 Å². The maximum Gasteiger partial charge on any atom is 0.271 e. The van der Waals surface area contributed by atoms with Gasteiger partial charge >= 0.3 is 0 Å². The Morgan fingerprint density at radius 2 is 1.96 bits per heavy atom. The summed E-state index contributed by atoms with van der Waals surface area (Å²) in [6, 6.07) is 11.7. The number of fused-ring (bicyclic) bond motifs is 3. The fourth-order valence-electron chi connectivity index (χ4n) is 3.93. The number of hydrogen-bond donors (Lipinski definition) is 1. The Kier molecular flexibility index (Phi) is 4.27. The van der Waals surface area contributed by atoms with Gasteiger partial charge in [0.05, 0.1) is 24.0 Å². The van der Waals surface area contributed by atoms with Gasteiger partial charge in [0, 0.05) is 24.9 Å². The topological polar surface area (TPSA) is 79.0 Å². The predicted octanol–water partition coefficient (Wildman–Crippen LogP) is 2.90. The number of methoxy groups -OCH3 is 1. The quantitative estimate of drug-likeness (QED) is 0.860. The molecular weight excluding hydrogens is 382 g/mol. The van der Waals surface area contributed by atoms with Crippen LogP contribution in [0.15, 0.2) is 42.5 Å². The van der Waals surface area contributed by atoms with Gasteiger partial charge in [-0.2, -0.15) is 0 Å². The minimum Gasteiger partial charge on any atom is -0.495 e. The summed E-state index contributed by atoms with van der Waals surface area (Å²) in [6.07, 6.45) is 0.350. The lowest BCUT2D eigenvalue weighted by atomic mass is 9.96. The number of nitrogens with zero attached hydrogens (tertiary/aromatic N) is 2. The fourth-order valence-corrected chi connectivity index (χ4v) is 4.10. The van der Waals surface area contributed by atoms with E-state index in [1.165, 1.54) is 16.9 Å². The number of rotatable bonds is 3. The van der Waals surface area contributed by atoms with Crippen LogP contribution in [0, 0.1) is 0 Å². The molecule has 2 aromatic carbocycles. The summed E-state index contributed by atoms with van der Waals surface area (Å²) in [7, 11) is 3.02. The zero-order valence-corrected chi connectivity index (χ0v) is 16.1. The smallest absolute Gasteiger partial charge is 0.271 e. The third-order valence-electron chi connectivity index (χ3n) is 5.32. The molecule has 2 heterocycles. The molecule has 7 nitrogen and oxygen atoms in total. The molecule has 144 valence electrons. The lowest BCUT2D eigenvalue weighted by molar-refractivity contribution is -0.128. The molecule has 2 aromatic rings. The van der Waals surface area contributed by atoms with Crippen LogP contribution in [0.4, 0.5) is 11.4 Å². The molecule has 2 aliphatic rings. The van der Waals surface area contributed by atoms with E-state index in [1.54, 1.807) is 49.5 Å². The normalized spacial score (nSPS) is 20.7. The molecule has 3 amide bonds. The Morgan fingerprint density at radius 1 is 1.21 bits per heavy atom. The van der Waals surface area contributed by atoms with Crippen molar-refractivity contribution in [3.05, 3.63) is 53.1 Å². The standard InChI is InChI=1S/C20H18ClN3O4/c1-23-18(26)13-5-3-4-6-15(13)24-17(25)9-10-20(23,24)19(27)22-14-11-12(21)7-8-16(14)28-2/h3-8,11H,9-10H2,1-2H3,(H,22,27). The molecule has 1 N–H and O–H groups in total. The van der Waals surface area contributed by atoms with Crippen molar-refractivity contribution in [2.75, 3.05) is 24.4 Å². The molecule has 0 bridgehead atoms. The molecule has 1 fully saturated rings. The number of para-hydroxylation sites is 1. The van der Waals surface area contributed by atoms with Crippen molar-refractivity contribution in [1.29, 1.82) is 0 Å². The third-order valence-corrected chi connectivity index (χ3v) is 5.55. The summed E-state index contributed by atoms with van der Waals surface area (Å²) in [5.41, 5.74) is -0.241. The van der Waals surface area contributed by atoms with Crippen LogP contribution in [0.1, 0.15) is 23.2 Å². The van der Waals surface area contributed by atoms with Crippen molar-refractivity contribution in [2.24, 2.45) is 0 Å². The Balaban J connectivity index is 1.81. The van der Waals surface area contributed by atoms with Crippen molar-refractivity contribution >= 4 is 40.7 Å². The minimum absolute atomic E-state index is 0.159. The molecule has 8 heteroatoms. The van der Waals surface area contributed by atoms with Gasteiger partial charge in [-0.25, -0.2) is 0 Å². The van der Waals surface area contributed by atoms with Crippen LogP contribution in [0.3, 0.4) is 0 Å². The van der Waals surface area contributed by atoms with E-state index in [9.17, 15) is 14.4 Å². The molecule has 0 saturated carbocycles. The zero-order valence-electron chi connectivity index (χ0n) is 15.4. The Labute approximate surface area is 166 Å². The van der Waals surface area contributed by atoms with Crippen molar-refractivity contribution in [2.45, 2.75) is 18.5 Å². The van der Waals surface area contributed by atoms with Gasteiger partial charge in [0.25, 0.3) is 11.8 Å². The molecule has 0 spiro atoms. The van der Waals surface area contributed by atoms with E-state index in [0.29, 0.717) is 27.7 Å². The summed E-state index contributed by atoms with van der Waals surface area (Å²) in [4.78, 5) is 41.9. The van der Waals surface area contributed by atoms with Crippen molar-refractivity contribution in [3.63, 3.8) is 0 Å². The van der Waals surface area contributed by atoms with Gasteiger partial charge in [-0.3, -0.25) is 19.3 Å². The number of halogens is 1. The number of benzene rings is 2. The van der Waals surface area contributed by atoms with Crippen LogP contribution in [0.25, 0.3) is 0 Å². The van der Waals surface area contributed by atoms with E-state index in [2.05, 4.69) is 5.32 Å². The molecule has 1 unspecified atom stereocenters. The first-order valence-electron chi connectivity index (χ1n) is 8.75. The average molecular weight is 400 g/mol. The van der Waals surface area contributed by atoms with Crippen molar-refractivity contribution in [3.8, 4) is 5.75 Å². The highest BCUT2D eigenvalue weighted by molar-refractivity contribution is 6.31. The number of hydrogen-bond acceptors (Lipinski definition) is 4. The van der Waals surface area contributed by atoms with Crippen LogP contribution in [-0.2, 0) is 9.59 Å². The molecule has 0 aliphatic carbocycles. The second kappa shape index (κ2) is 6.53. The molecule has 2 aliphatic heterocycles. The summed E-state index contributed by atoms with van der Waals surface area (Å²) in [5.74, 6) is -0.589. The molecule has 0 aromatic heterocycles. The first-order chi connectivity index (χ1) is 13.4. The highest BCUT2D eigenvalue weighted by atomic mass is 35.5. The number of anilines is 2. The maximum absolute atomic E-state index is 13.5. The molecule has 1 saturated heterocycles. The monoisotopic (exact) mass is 399 g/mol. The van der Waals surface area contributed by atoms with Gasteiger partial charge in [0.15, 0.2) is 0 Å². The van der Waals surface area contributed by atoms with Gasteiger partial charge in [-0.05, 0) is 30.3 Å². The summed E-state index contributed by atoms with van der Waals surface area (Å²) >= 11 is 6.06. The van der Waals surface area contributed by atoms with Crippen LogP contribution in [0.2, 0.25) is 5.02 Å². The summed E-state index contributed by atoms with van der Waals surface area (Å²) < 4.78 is 5.29. The maximum atomic E-state index is 13.5. The van der Waals surface area contributed by atoms with E-state index < -0.39 is 11.6 Å². The number of likely N-dealkylation sites (N-methyl/N-ethyl adjacent to an activating group) is 1. The van der Waals surface area contributed by atoms with Crippen LogP contribution in [-0.4, -0.2) is 42.4 Å². The number of nitrogens with one attached hydrogen (secondary N) is 1. The molecule has 0 radical (unpaired) electrons. The SMILES string of the molecule is COc1ccc(Cl)cc1NC(=O)C12CCC(=O)N1c1ccccc1C(=O)N2C. The van der Waals surface area contributed by atoms with Gasteiger partial charge in [-0.15, -0.1) is 0 Å². The second-order valence-corrected chi connectivity index (χ2v) is 7.16. The van der Waals surface area contributed by atoms with Gasteiger partial charge in [0.2, 0.25) is 11.6 Å². The van der Waals surface area contributed by atoms with E-state index in [4.69, 9.17) is 16.3 Å². The Bertz CT molecular complexity index is 1010. The first-order valence-corrected chi connectivity index (χ1v) is 9.13.